The summed E-state index contributed by atoms with van der Waals surface area (Å²) in [5, 5.41) is 3.15. The van der Waals surface area contributed by atoms with Crippen molar-refractivity contribution in [1.29, 1.82) is 0 Å². The van der Waals surface area contributed by atoms with Crippen LogP contribution in [0.2, 0.25) is 0 Å². The fourth-order valence-corrected chi connectivity index (χ4v) is 3.46. The Morgan fingerprint density at radius 2 is 2.35 bits per heavy atom. The Balaban J connectivity index is 1.56. The van der Waals surface area contributed by atoms with E-state index in [9.17, 15) is 4.79 Å². The minimum absolute atomic E-state index is 0.0492. The Hall–Kier alpha value is -1.88. The number of rotatable bonds is 2. The maximum Gasteiger partial charge on any atom is 0.270 e. The lowest BCUT2D eigenvalue weighted by Crippen LogP contribution is -2.43. The van der Waals surface area contributed by atoms with Crippen LogP contribution in [0.3, 0.4) is 0 Å². The summed E-state index contributed by atoms with van der Waals surface area (Å²) in [6.45, 7) is 5.35. The number of nitrogens with zero attached hydrogens (tertiary/aromatic N) is 3. The lowest BCUT2D eigenvalue weighted by Gasteiger charge is -2.22. The number of aromatic nitrogens is 2. The van der Waals surface area contributed by atoms with Gasteiger partial charge < -0.3 is 14.6 Å². The smallest absolute Gasteiger partial charge is 0.270 e. The second kappa shape index (κ2) is 4.31. The number of nitrogens with one attached hydrogen (secondary N) is 1. The van der Waals surface area contributed by atoms with Crippen LogP contribution in [0, 0.1) is 12.8 Å². The maximum atomic E-state index is 12.4. The molecule has 4 heterocycles. The molecule has 0 aromatic carbocycles. The number of hydrogen-bond donors (Lipinski definition) is 1. The minimum atomic E-state index is -0.0492. The van der Waals surface area contributed by atoms with E-state index in [0.717, 1.165) is 24.2 Å². The van der Waals surface area contributed by atoms with Gasteiger partial charge in [0.05, 0.1) is 11.8 Å². The molecule has 0 radical (unpaired) electrons. The fraction of sp³-hybridized carbons (Fsp3) is 0.467. The van der Waals surface area contributed by atoms with E-state index in [4.69, 9.17) is 0 Å². The van der Waals surface area contributed by atoms with Crippen molar-refractivity contribution in [2.24, 2.45) is 5.92 Å². The summed E-state index contributed by atoms with van der Waals surface area (Å²) in [5.41, 5.74) is 2.71. The van der Waals surface area contributed by atoms with Crippen molar-refractivity contribution in [1.82, 2.24) is 19.6 Å². The molecule has 2 saturated heterocycles. The zero-order valence-corrected chi connectivity index (χ0v) is 11.5. The third-order valence-electron chi connectivity index (χ3n) is 4.64. The third kappa shape index (κ3) is 1.81. The first-order valence-electron chi connectivity index (χ1n) is 7.17. The molecule has 104 valence electrons. The number of carbonyl (C=O) groups is 1. The topological polar surface area (TPSA) is 49.6 Å². The number of carbonyl (C=O) groups excluding carboxylic acids is 1. The Morgan fingerprint density at radius 3 is 3.10 bits per heavy atom. The van der Waals surface area contributed by atoms with Gasteiger partial charge in [0.1, 0.15) is 5.69 Å². The summed E-state index contributed by atoms with van der Waals surface area (Å²) in [6.07, 6.45) is 4.87. The molecule has 2 aromatic rings. The zero-order chi connectivity index (χ0) is 13.7. The van der Waals surface area contributed by atoms with E-state index in [1.54, 1.807) is 6.33 Å². The van der Waals surface area contributed by atoms with Crippen LogP contribution in [0.5, 0.6) is 0 Å². The van der Waals surface area contributed by atoms with Gasteiger partial charge in [-0.3, -0.25) is 4.79 Å². The predicted octanol–water partition coefficient (Wildman–Crippen LogP) is 1.08. The van der Waals surface area contributed by atoms with E-state index in [1.807, 2.05) is 29.7 Å². The van der Waals surface area contributed by atoms with E-state index in [1.165, 1.54) is 13.0 Å². The van der Waals surface area contributed by atoms with Gasteiger partial charge in [0, 0.05) is 25.3 Å². The van der Waals surface area contributed by atoms with Crippen LogP contribution in [0.25, 0.3) is 5.52 Å². The Bertz CT molecular complexity index is 678. The molecule has 4 rings (SSSR count). The molecule has 2 aliphatic rings. The lowest BCUT2D eigenvalue weighted by molar-refractivity contribution is 0.0919. The summed E-state index contributed by atoms with van der Waals surface area (Å²) < 4.78 is 1.94. The molecule has 5 nitrogen and oxygen atoms in total. The molecular formula is C15H18N4O. The van der Waals surface area contributed by atoms with Crippen molar-refractivity contribution in [3.05, 3.63) is 35.9 Å². The van der Waals surface area contributed by atoms with Gasteiger partial charge in [-0.25, -0.2) is 4.98 Å². The molecule has 2 aromatic heterocycles. The summed E-state index contributed by atoms with van der Waals surface area (Å²) >= 11 is 0. The van der Waals surface area contributed by atoms with Gasteiger partial charge in [0.15, 0.2) is 0 Å². The molecule has 2 bridgehead atoms. The number of fused-ring (bicyclic) bond motifs is 3. The highest BCUT2D eigenvalue weighted by Crippen LogP contribution is 2.27. The second-order valence-corrected chi connectivity index (χ2v) is 5.95. The first kappa shape index (κ1) is 11.9. The lowest BCUT2D eigenvalue weighted by atomic mass is 10.00. The van der Waals surface area contributed by atoms with Gasteiger partial charge in [0.2, 0.25) is 0 Å². The predicted molar refractivity (Wildman–Crippen MR) is 75.7 cm³/mol. The van der Waals surface area contributed by atoms with Crippen molar-refractivity contribution in [3.8, 4) is 0 Å². The van der Waals surface area contributed by atoms with Crippen LogP contribution >= 0.6 is 0 Å². The quantitative estimate of drug-likeness (QED) is 0.888. The number of aryl methyl sites for hydroxylation is 1. The van der Waals surface area contributed by atoms with Gasteiger partial charge in [-0.05, 0) is 43.5 Å². The standard InChI is InChI=1S/C15H18N4O/c1-10-2-5-19-9-16-12(6-14(10)19)15(20)17-13-8-18-4-3-11(13)7-18/h2,5-6,9,11,13H,3-4,7-8H2,1H3,(H,17,20)/t11-,13?/m0/s1. The number of piperidine rings is 1. The van der Waals surface area contributed by atoms with Crippen molar-refractivity contribution >= 4 is 11.4 Å². The van der Waals surface area contributed by atoms with E-state index >= 15 is 0 Å². The first-order valence-corrected chi connectivity index (χ1v) is 7.17. The largest absolute Gasteiger partial charge is 0.346 e. The summed E-state index contributed by atoms with van der Waals surface area (Å²) in [6, 6.07) is 4.20. The number of amides is 1. The van der Waals surface area contributed by atoms with E-state index in [0.29, 0.717) is 17.7 Å². The highest BCUT2D eigenvalue weighted by Gasteiger charge is 2.38. The SMILES string of the molecule is Cc1ccn2cnc(C(=O)NC3CN4CC[C@H]3C4)cc12. The van der Waals surface area contributed by atoms with Crippen molar-refractivity contribution in [2.75, 3.05) is 19.6 Å². The molecular weight excluding hydrogens is 252 g/mol. The molecule has 0 spiro atoms. The zero-order valence-electron chi connectivity index (χ0n) is 11.5. The Kier molecular flexibility index (Phi) is 2.57. The Labute approximate surface area is 117 Å². The van der Waals surface area contributed by atoms with Crippen LogP contribution in [0.1, 0.15) is 22.5 Å². The average molecular weight is 270 g/mol. The highest BCUT2D eigenvalue weighted by molar-refractivity contribution is 5.93. The third-order valence-corrected chi connectivity index (χ3v) is 4.64. The van der Waals surface area contributed by atoms with E-state index in [-0.39, 0.29) is 5.91 Å². The molecule has 2 unspecified atom stereocenters. The van der Waals surface area contributed by atoms with Gasteiger partial charge in [-0.15, -0.1) is 0 Å². The van der Waals surface area contributed by atoms with E-state index < -0.39 is 0 Å². The Morgan fingerprint density at radius 1 is 1.45 bits per heavy atom. The van der Waals surface area contributed by atoms with E-state index in [2.05, 4.69) is 15.2 Å². The molecule has 5 heteroatoms. The maximum absolute atomic E-state index is 12.4. The number of hydrogen-bond acceptors (Lipinski definition) is 3. The molecule has 1 amide bonds. The van der Waals surface area contributed by atoms with Crippen LogP contribution < -0.4 is 5.32 Å². The van der Waals surface area contributed by atoms with Crippen molar-refractivity contribution in [2.45, 2.75) is 19.4 Å². The van der Waals surface area contributed by atoms with Crippen molar-refractivity contribution < 1.29 is 4.79 Å². The van der Waals surface area contributed by atoms with Crippen molar-refractivity contribution in [3.63, 3.8) is 0 Å². The van der Waals surface area contributed by atoms with Crippen LogP contribution in [0.15, 0.2) is 24.7 Å². The monoisotopic (exact) mass is 270 g/mol. The van der Waals surface area contributed by atoms with Gasteiger partial charge in [0.25, 0.3) is 5.91 Å². The normalized spacial score (nSPS) is 28.1. The average Bonchev–Trinajstić information content (AvgIpc) is 3.15. The molecule has 3 atom stereocenters. The molecule has 0 aliphatic carbocycles. The molecule has 1 N–H and O–H groups in total. The fourth-order valence-electron chi connectivity index (χ4n) is 3.46. The van der Waals surface area contributed by atoms with Gasteiger partial charge >= 0.3 is 0 Å². The van der Waals surface area contributed by atoms with Crippen LogP contribution in [0.4, 0.5) is 0 Å². The molecule has 20 heavy (non-hydrogen) atoms. The summed E-state index contributed by atoms with van der Waals surface area (Å²) in [5.74, 6) is 0.574. The van der Waals surface area contributed by atoms with Gasteiger partial charge in [-0.2, -0.15) is 0 Å². The first-order chi connectivity index (χ1) is 9.70. The summed E-state index contributed by atoms with van der Waals surface area (Å²) in [7, 11) is 0. The minimum Gasteiger partial charge on any atom is -0.346 e. The molecule has 2 aliphatic heterocycles. The van der Waals surface area contributed by atoms with Gasteiger partial charge in [-0.1, -0.05) is 0 Å². The molecule has 2 fully saturated rings. The second-order valence-electron chi connectivity index (χ2n) is 5.95. The van der Waals surface area contributed by atoms with Crippen LogP contribution in [-0.2, 0) is 0 Å². The van der Waals surface area contributed by atoms with Crippen LogP contribution in [-0.4, -0.2) is 45.9 Å². The summed E-state index contributed by atoms with van der Waals surface area (Å²) in [4.78, 5) is 19.0. The molecule has 0 saturated carbocycles. The highest BCUT2D eigenvalue weighted by atomic mass is 16.2.